The minimum atomic E-state index is -0.355. The maximum atomic E-state index is 14.2. The van der Waals surface area contributed by atoms with Gasteiger partial charge in [0.2, 0.25) is 0 Å². The van der Waals surface area contributed by atoms with Crippen molar-refractivity contribution in [1.82, 2.24) is 10.2 Å². The largest absolute Gasteiger partial charge is 0.483 e. The van der Waals surface area contributed by atoms with Gasteiger partial charge in [-0.3, -0.25) is 0 Å². The van der Waals surface area contributed by atoms with Gasteiger partial charge in [0.1, 0.15) is 6.10 Å². The number of hydrogen-bond donors (Lipinski definition) is 2. The van der Waals surface area contributed by atoms with E-state index in [4.69, 9.17) is 16.3 Å². The Morgan fingerprint density at radius 1 is 1.03 bits per heavy atom. The van der Waals surface area contributed by atoms with Crippen molar-refractivity contribution < 1.29 is 13.9 Å². The van der Waals surface area contributed by atoms with E-state index in [9.17, 15) is 9.18 Å². The number of benzene rings is 3. The molecule has 4 rings (SSSR count). The van der Waals surface area contributed by atoms with Crippen molar-refractivity contribution in [2.75, 3.05) is 25.0 Å². The van der Waals surface area contributed by atoms with Crippen molar-refractivity contribution in [1.29, 1.82) is 0 Å². The van der Waals surface area contributed by atoms with Gasteiger partial charge < -0.3 is 20.3 Å². The van der Waals surface area contributed by atoms with Crippen molar-refractivity contribution >= 4 is 23.3 Å². The van der Waals surface area contributed by atoms with Gasteiger partial charge in [-0.1, -0.05) is 60.1 Å². The van der Waals surface area contributed by atoms with Crippen LogP contribution in [0.2, 0.25) is 5.02 Å². The summed E-state index contributed by atoms with van der Waals surface area (Å²) in [7, 11) is 0. The highest BCUT2D eigenvalue weighted by molar-refractivity contribution is 6.30. The quantitative estimate of drug-likeness (QED) is 0.398. The first-order valence-electron chi connectivity index (χ1n) is 11.6. The lowest BCUT2D eigenvalue weighted by Gasteiger charge is -2.33. The number of anilines is 1. The molecule has 1 atom stereocenters. The molecule has 0 aromatic heterocycles. The molecular formula is C27H29ClFN3O2. The third kappa shape index (κ3) is 6.95. The maximum absolute atomic E-state index is 14.2. The Morgan fingerprint density at radius 3 is 2.50 bits per heavy atom. The number of carbonyl (C=O) groups is 1. The first-order chi connectivity index (χ1) is 16.6. The molecule has 34 heavy (non-hydrogen) atoms. The summed E-state index contributed by atoms with van der Waals surface area (Å²) in [4.78, 5) is 14.7. The third-order valence-electron chi connectivity index (χ3n) is 5.99. The van der Waals surface area contributed by atoms with E-state index in [1.807, 2.05) is 30.3 Å². The van der Waals surface area contributed by atoms with Crippen LogP contribution in [0.25, 0.3) is 0 Å². The summed E-state index contributed by atoms with van der Waals surface area (Å²) in [6, 6.07) is 23.4. The molecule has 0 saturated carbocycles. The minimum absolute atomic E-state index is 0.120. The molecule has 1 unspecified atom stereocenters. The molecule has 5 nitrogen and oxygen atoms in total. The van der Waals surface area contributed by atoms with Crippen molar-refractivity contribution in [2.24, 2.45) is 0 Å². The summed E-state index contributed by atoms with van der Waals surface area (Å²) in [6.45, 7) is 2.59. The predicted molar refractivity (Wildman–Crippen MR) is 134 cm³/mol. The van der Waals surface area contributed by atoms with Gasteiger partial charge in [0, 0.05) is 42.8 Å². The molecule has 2 amide bonds. The first kappa shape index (κ1) is 24.0. The summed E-state index contributed by atoms with van der Waals surface area (Å²) >= 11 is 5.98. The van der Waals surface area contributed by atoms with Gasteiger partial charge in [0.05, 0.1) is 0 Å². The highest BCUT2D eigenvalue weighted by Gasteiger charge is 2.23. The molecule has 1 aliphatic rings. The molecule has 7 heteroatoms. The van der Waals surface area contributed by atoms with Crippen LogP contribution in [0.15, 0.2) is 78.9 Å². The van der Waals surface area contributed by atoms with Crippen molar-refractivity contribution in [3.63, 3.8) is 0 Å². The SMILES string of the molecule is O=C(Nc1cccc(Cl)c1)NC1CCN(CCC(Oc2ccccc2F)c2ccccc2)CC1. The Bertz CT molecular complexity index is 1070. The van der Waals surface area contributed by atoms with E-state index in [-0.39, 0.29) is 29.7 Å². The van der Waals surface area contributed by atoms with Crippen LogP contribution in [-0.2, 0) is 0 Å². The zero-order chi connectivity index (χ0) is 23.8. The number of ether oxygens (including phenoxy) is 1. The molecule has 0 bridgehead atoms. The van der Waals surface area contributed by atoms with E-state index < -0.39 is 0 Å². The van der Waals surface area contributed by atoms with E-state index in [0.29, 0.717) is 10.7 Å². The van der Waals surface area contributed by atoms with Gasteiger partial charge >= 0.3 is 6.03 Å². The lowest BCUT2D eigenvalue weighted by Crippen LogP contribution is -2.46. The molecule has 1 saturated heterocycles. The van der Waals surface area contributed by atoms with Crippen LogP contribution in [0.5, 0.6) is 5.75 Å². The number of urea groups is 1. The van der Waals surface area contributed by atoms with Crippen molar-refractivity contribution in [3.8, 4) is 5.75 Å². The number of carbonyl (C=O) groups excluding carboxylic acids is 1. The summed E-state index contributed by atoms with van der Waals surface area (Å²) < 4.78 is 20.3. The van der Waals surface area contributed by atoms with Gasteiger partial charge in [-0.2, -0.15) is 0 Å². The van der Waals surface area contributed by atoms with Crippen LogP contribution in [0, 0.1) is 5.82 Å². The van der Waals surface area contributed by atoms with Crippen LogP contribution in [0.1, 0.15) is 30.9 Å². The molecule has 1 aliphatic heterocycles. The number of nitrogens with zero attached hydrogens (tertiary/aromatic N) is 1. The van der Waals surface area contributed by atoms with Gasteiger partial charge in [-0.25, -0.2) is 9.18 Å². The number of hydrogen-bond acceptors (Lipinski definition) is 3. The van der Waals surface area contributed by atoms with Gasteiger partial charge in [-0.05, 0) is 48.7 Å². The Hall–Kier alpha value is -3.09. The fourth-order valence-electron chi connectivity index (χ4n) is 4.17. The lowest BCUT2D eigenvalue weighted by molar-refractivity contribution is 0.141. The highest BCUT2D eigenvalue weighted by Crippen LogP contribution is 2.27. The van der Waals surface area contributed by atoms with Gasteiger partial charge in [0.15, 0.2) is 11.6 Å². The monoisotopic (exact) mass is 481 g/mol. The Morgan fingerprint density at radius 2 is 1.76 bits per heavy atom. The summed E-state index contributed by atoms with van der Waals surface area (Å²) in [5.41, 5.74) is 1.70. The number of likely N-dealkylation sites (tertiary alicyclic amines) is 1. The van der Waals surface area contributed by atoms with E-state index in [0.717, 1.165) is 44.5 Å². The normalized spacial score (nSPS) is 15.5. The Labute approximate surface area is 204 Å². The number of amides is 2. The van der Waals surface area contributed by atoms with E-state index in [2.05, 4.69) is 15.5 Å². The summed E-state index contributed by atoms with van der Waals surface area (Å²) in [6.07, 6.45) is 2.24. The second kappa shape index (κ2) is 11.9. The molecule has 3 aromatic carbocycles. The molecule has 1 fully saturated rings. The second-order valence-corrected chi connectivity index (χ2v) is 8.90. The second-order valence-electron chi connectivity index (χ2n) is 8.46. The molecule has 1 heterocycles. The van der Waals surface area contributed by atoms with E-state index >= 15 is 0 Å². The Kier molecular flexibility index (Phi) is 8.39. The van der Waals surface area contributed by atoms with Crippen LogP contribution in [-0.4, -0.2) is 36.6 Å². The molecule has 178 valence electrons. The molecule has 3 aromatic rings. The van der Waals surface area contributed by atoms with Crippen molar-refractivity contribution in [3.05, 3.63) is 95.3 Å². The molecule has 0 radical (unpaired) electrons. The predicted octanol–water partition coefficient (Wildman–Crippen LogP) is 6.28. The topological polar surface area (TPSA) is 53.6 Å². The zero-order valence-corrected chi connectivity index (χ0v) is 19.7. The van der Waals surface area contributed by atoms with E-state index in [1.54, 1.807) is 42.5 Å². The van der Waals surface area contributed by atoms with Crippen LogP contribution >= 0.6 is 11.6 Å². The van der Waals surface area contributed by atoms with E-state index in [1.165, 1.54) is 6.07 Å². The van der Waals surface area contributed by atoms with Gasteiger partial charge in [0.25, 0.3) is 0 Å². The minimum Gasteiger partial charge on any atom is -0.483 e. The fourth-order valence-corrected chi connectivity index (χ4v) is 4.36. The smallest absolute Gasteiger partial charge is 0.319 e. The molecular weight excluding hydrogens is 453 g/mol. The fraction of sp³-hybridized carbons (Fsp3) is 0.296. The van der Waals surface area contributed by atoms with Crippen LogP contribution in [0.3, 0.4) is 0 Å². The molecule has 2 N–H and O–H groups in total. The first-order valence-corrected chi connectivity index (χ1v) is 12.0. The highest BCUT2D eigenvalue weighted by atomic mass is 35.5. The average molecular weight is 482 g/mol. The number of halogens is 2. The summed E-state index contributed by atoms with van der Waals surface area (Å²) in [5.74, 6) is -0.0867. The standard InChI is InChI=1S/C27H29ClFN3O2/c28-21-9-6-10-23(19-21)31-27(33)30-22-13-16-32(17-14-22)18-15-25(20-7-2-1-3-8-20)34-26-12-5-4-11-24(26)29/h1-12,19,22,25H,13-18H2,(H2,30,31,33). The number of rotatable bonds is 8. The zero-order valence-electron chi connectivity index (χ0n) is 18.9. The molecule has 0 spiro atoms. The third-order valence-corrected chi connectivity index (χ3v) is 6.23. The van der Waals surface area contributed by atoms with Crippen LogP contribution in [0.4, 0.5) is 14.9 Å². The van der Waals surface area contributed by atoms with Gasteiger partial charge in [-0.15, -0.1) is 0 Å². The number of piperidine rings is 1. The Balaban J connectivity index is 1.26. The summed E-state index contributed by atoms with van der Waals surface area (Å²) in [5, 5.41) is 6.47. The number of para-hydroxylation sites is 1. The maximum Gasteiger partial charge on any atom is 0.319 e. The van der Waals surface area contributed by atoms with Crippen LogP contribution < -0.4 is 15.4 Å². The van der Waals surface area contributed by atoms with Crippen molar-refractivity contribution in [2.45, 2.75) is 31.4 Å². The lowest BCUT2D eigenvalue weighted by atomic mass is 10.0. The molecule has 0 aliphatic carbocycles. The number of nitrogens with one attached hydrogen (secondary N) is 2. The average Bonchev–Trinajstić information content (AvgIpc) is 2.84.